The van der Waals surface area contributed by atoms with E-state index in [9.17, 15) is 10.1 Å². The first-order valence-corrected chi connectivity index (χ1v) is 7.72. The molecule has 5 heteroatoms. The molecule has 0 radical (unpaired) electrons. The van der Waals surface area contributed by atoms with Crippen LogP contribution in [0.3, 0.4) is 0 Å². The van der Waals surface area contributed by atoms with E-state index in [0.29, 0.717) is 17.7 Å². The van der Waals surface area contributed by atoms with Crippen LogP contribution < -0.4 is 4.74 Å². The number of carboxylic acid groups (broad SMARTS) is 1. The first kappa shape index (κ1) is 16.8. The zero-order valence-corrected chi connectivity index (χ0v) is 14.0. The summed E-state index contributed by atoms with van der Waals surface area (Å²) < 4.78 is 6.27. The first-order valence-electron chi connectivity index (χ1n) is 6.93. The van der Waals surface area contributed by atoms with E-state index >= 15 is 0 Å². The zero-order chi connectivity index (χ0) is 16.8. The van der Waals surface area contributed by atoms with Gasteiger partial charge in [0.15, 0.2) is 0 Å². The third-order valence-electron chi connectivity index (χ3n) is 3.13. The van der Waals surface area contributed by atoms with Crippen LogP contribution in [-0.4, -0.2) is 17.7 Å². The van der Waals surface area contributed by atoms with E-state index in [1.807, 2.05) is 25.1 Å². The molecule has 0 aromatic heterocycles. The number of hydrogen-bond acceptors (Lipinski definition) is 3. The van der Waals surface area contributed by atoms with Gasteiger partial charge in [-0.1, -0.05) is 18.2 Å². The highest BCUT2D eigenvalue weighted by Gasteiger charge is 2.06. The van der Waals surface area contributed by atoms with E-state index in [2.05, 4.69) is 22.0 Å². The van der Waals surface area contributed by atoms with Crippen molar-refractivity contribution in [3.8, 4) is 11.8 Å². The molecule has 0 heterocycles. The van der Waals surface area contributed by atoms with Crippen molar-refractivity contribution in [3.05, 3.63) is 63.6 Å². The summed E-state index contributed by atoms with van der Waals surface area (Å²) in [4.78, 5) is 10.9. The fourth-order valence-electron chi connectivity index (χ4n) is 2.02. The molecule has 0 spiro atoms. The minimum absolute atomic E-state index is 0.190. The summed E-state index contributed by atoms with van der Waals surface area (Å²) in [6, 6.07) is 13.9. The van der Waals surface area contributed by atoms with Crippen LogP contribution in [0, 0.1) is 11.3 Å². The van der Waals surface area contributed by atoms with Crippen LogP contribution in [0.4, 0.5) is 0 Å². The predicted molar refractivity (Wildman–Crippen MR) is 92.2 cm³/mol. The van der Waals surface area contributed by atoms with Gasteiger partial charge in [0.25, 0.3) is 0 Å². The lowest BCUT2D eigenvalue weighted by Crippen LogP contribution is -1.95. The number of carbonyl (C=O) groups is 1. The van der Waals surface area contributed by atoms with Crippen molar-refractivity contribution in [3.63, 3.8) is 0 Å². The Morgan fingerprint density at radius 1 is 1.26 bits per heavy atom. The van der Waals surface area contributed by atoms with Crippen LogP contribution in [0.1, 0.15) is 28.4 Å². The monoisotopic (exact) mass is 371 g/mol. The number of nitriles is 1. The van der Waals surface area contributed by atoms with Gasteiger partial charge in [-0.15, -0.1) is 0 Å². The van der Waals surface area contributed by atoms with E-state index in [0.717, 1.165) is 15.8 Å². The maximum atomic E-state index is 10.9. The Labute approximate surface area is 142 Å². The number of hydrogen-bond donors (Lipinski definition) is 1. The Bertz CT molecular complexity index is 789. The van der Waals surface area contributed by atoms with Gasteiger partial charge >= 0.3 is 5.97 Å². The van der Waals surface area contributed by atoms with Gasteiger partial charge in [-0.05, 0) is 64.3 Å². The highest BCUT2D eigenvalue weighted by molar-refractivity contribution is 9.10. The number of halogens is 1. The molecule has 116 valence electrons. The van der Waals surface area contributed by atoms with E-state index < -0.39 is 5.97 Å². The van der Waals surface area contributed by atoms with Crippen molar-refractivity contribution in [2.75, 3.05) is 6.61 Å². The summed E-state index contributed by atoms with van der Waals surface area (Å²) in [5.41, 5.74) is 2.16. The molecule has 0 fully saturated rings. The van der Waals surface area contributed by atoms with Crippen LogP contribution in [0.5, 0.6) is 5.75 Å². The molecule has 0 bridgehead atoms. The topological polar surface area (TPSA) is 70.3 Å². The third-order valence-corrected chi connectivity index (χ3v) is 3.75. The minimum atomic E-state index is -0.991. The standard InChI is InChI=1S/C18H14BrNO3/c1-2-23-17-8-3-12(10-16(17)19)9-15(11-20)13-4-6-14(7-5-13)18(21)22/h3-10H,2H2,1H3,(H,21,22)/b15-9-. The molecule has 2 rings (SSSR count). The van der Waals surface area contributed by atoms with Gasteiger partial charge in [0, 0.05) is 0 Å². The van der Waals surface area contributed by atoms with Gasteiger partial charge in [-0.2, -0.15) is 5.26 Å². The van der Waals surface area contributed by atoms with E-state index in [1.54, 1.807) is 18.2 Å². The third kappa shape index (κ3) is 4.21. The summed E-state index contributed by atoms with van der Waals surface area (Å²) in [5, 5.41) is 18.3. The smallest absolute Gasteiger partial charge is 0.335 e. The van der Waals surface area contributed by atoms with Gasteiger partial charge in [0.05, 0.1) is 28.3 Å². The molecule has 2 aromatic carbocycles. The van der Waals surface area contributed by atoms with Crippen molar-refractivity contribution in [1.82, 2.24) is 0 Å². The molecule has 0 saturated heterocycles. The van der Waals surface area contributed by atoms with Crippen molar-refractivity contribution in [2.45, 2.75) is 6.92 Å². The molecule has 23 heavy (non-hydrogen) atoms. The van der Waals surface area contributed by atoms with Crippen LogP contribution in [0.2, 0.25) is 0 Å². The van der Waals surface area contributed by atoms with Gasteiger partial charge < -0.3 is 9.84 Å². The Hall–Kier alpha value is -2.58. The number of aromatic carboxylic acids is 1. The zero-order valence-electron chi connectivity index (χ0n) is 12.4. The van der Waals surface area contributed by atoms with Crippen molar-refractivity contribution >= 4 is 33.5 Å². The Balaban J connectivity index is 2.33. The van der Waals surface area contributed by atoms with E-state index in [1.165, 1.54) is 12.1 Å². The normalized spacial score (nSPS) is 10.9. The summed E-state index contributed by atoms with van der Waals surface area (Å²) in [6.07, 6.45) is 1.75. The van der Waals surface area contributed by atoms with E-state index in [4.69, 9.17) is 9.84 Å². The maximum absolute atomic E-state index is 10.9. The van der Waals surface area contributed by atoms with Crippen LogP contribution in [0.15, 0.2) is 46.9 Å². The van der Waals surface area contributed by atoms with Gasteiger partial charge in [-0.3, -0.25) is 0 Å². The lowest BCUT2D eigenvalue weighted by molar-refractivity contribution is 0.0697. The van der Waals surface area contributed by atoms with Crippen LogP contribution in [-0.2, 0) is 0 Å². The molecule has 0 amide bonds. The van der Waals surface area contributed by atoms with Crippen LogP contribution in [0.25, 0.3) is 11.6 Å². The number of benzene rings is 2. The molecule has 0 aliphatic carbocycles. The molecule has 1 N–H and O–H groups in total. The SMILES string of the molecule is CCOc1ccc(/C=C(/C#N)c2ccc(C(=O)O)cc2)cc1Br. The van der Waals surface area contributed by atoms with Gasteiger partial charge in [0.1, 0.15) is 5.75 Å². The average Bonchev–Trinajstić information content (AvgIpc) is 2.55. The number of carboxylic acids is 1. The average molecular weight is 372 g/mol. The number of allylic oxidation sites excluding steroid dienone is 1. The molecule has 0 aliphatic heterocycles. The second kappa shape index (κ2) is 7.61. The van der Waals surface area contributed by atoms with Crippen molar-refractivity contribution < 1.29 is 14.6 Å². The first-order chi connectivity index (χ1) is 11.0. The molecular formula is C18H14BrNO3. The molecule has 0 atom stereocenters. The second-order valence-electron chi connectivity index (χ2n) is 4.68. The predicted octanol–water partition coefficient (Wildman–Crippen LogP) is 4.61. The summed E-state index contributed by atoms with van der Waals surface area (Å²) in [7, 11) is 0. The Kier molecular flexibility index (Phi) is 5.56. The fourth-order valence-corrected chi connectivity index (χ4v) is 2.53. The summed E-state index contributed by atoms with van der Waals surface area (Å²) >= 11 is 3.44. The maximum Gasteiger partial charge on any atom is 0.335 e. The Morgan fingerprint density at radius 2 is 1.91 bits per heavy atom. The minimum Gasteiger partial charge on any atom is -0.493 e. The molecule has 2 aromatic rings. The molecular weight excluding hydrogens is 358 g/mol. The molecule has 0 unspecified atom stereocenters. The highest BCUT2D eigenvalue weighted by Crippen LogP contribution is 2.28. The molecule has 0 aliphatic rings. The van der Waals surface area contributed by atoms with Crippen molar-refractivity contribution in [1.29, 1.82) is 5.26 Å². The lowest BCUT2D eigenvalue weighted by Gasteiger charge is -2.06. The summed E-state index contributed by atoms with van der Waals surface area (Å²) in [5.74, 6) is -0.247. The quantitative estimate of drug-likeness (QED) is 0.615. The van der Waals surface area contributed by atoms with Crippen LogP contribution >= 0.6 is 15.9 Å². The second-order valence-corrected chi connectivity index (χ2v) is 5.53. The summed E-state index contributed by atoms with van der Waals surface area (Å²) in [6.45, 7) is 2.49. The van der Waals surface area contributed by atoms with Crippen molar-refractivity contribution in [2.24, 2.45) is 0 Å². The Morgan fingerprint density at radius 3 is 2.43 bits per heavy atom. The van der Waals surface area contributed by atoms with Gasteiger partial charge in [-0.25, -0.2) is 4.79 Å². The largest absolute Gasteiger partial charge is 0.493 e. The van der Waals surface area contributed by atoms with Gasteiger partial charge in [0.2, 0.25) is 0 Å². The fraction of sp³-hybridized carbons (Fsp3) is 0.111. The number of nitrogens with zero attached hydrogens (tertiary/aromatic N) is 1. The highest BCUT2D eigenvalue weighted by atomic mass is 79.9. The number of ether oxygens (including phenoxy) is 1. The number of rotatable bonds is 5. The molecule has 4 nitrogen and oxygen atoms in total. The molecule has 0 saturated carbocycles. The lowest BCUT2D eigenvalue weighted by atomic mass is 10.0. The van der Waals surface area contributed by atoms with E-state index in [-0.39, 0.29) is 5.56 Å².